The monoisotopic (exact) mass is 162 g/mol. The highest BCUT2D eigenvalue weighted by Crippen LogP contribution is 2.27. The molecule has 0 unspecified atom stereocenters. The minimum atomic E-state index is -0.845. The van der Waals surface area contributed by atoms with Gasteiger partial charge in [0.2, 0.25) is 0 Å². The summed E-state index contributed by atoms with van der Waals surface area (Å²) in [5.41, 5.74) is 3.23. The summed E-state index contributed by atoms with van der Waals surface area (Å²) >= 11 is 0. The minimum Gasteiger partial charge on any atom is -0.0689 e. The molecule has 0 aromatic heterocycles. The number of rotatable bonds is 0. The van der Waals surface area contributed by atoms with Crippen LogP contribution in [0, 0.1) is 0 Å². The van der Waals surface area contributed by atoms with Gasteiger partial charge in [0.1, 0.15) is 0 Å². The second-order valence-electron chi connectivity index (χ2n) is 4.29. The quantitative estimate of drug-likeness (QED) is 0.514. The van der Waals surface area contributed by atoms with Crippen molar-refractivity contribution in [2.75, 3.05) is 0 Å². The van der Waals surface area contributed by atoms with Gasteiger partial charge >= 0.3 is 0 Å². The molecule has 0 spiro atoms. The average Bonchev–Trinajstić information content (AvgIpc) is 2.21. The Morgan fingerprint density at radius 1 is 1.00 bits per heavy atom. The fourth-order valence-corrected chi connectivity index (χ4v) is 4.87. The fourth-order valence-electron chi connectivity index (χ4n) is 2.00. The summed E-state index contributed by atoms with van der Waals surface area (Å²) < 4.78 is 0. The van der Waals surface area contributed by atoms with Crippen LogP contribution in [0.2, 0.25) is 13.1 Å². The molecule has 1 aromatic rings. The lowest BCUT2D eigenvalue weighted by atomic mass is 10.1. The minimum absolute atomic E-state index is 0.845. The lowest BCUT2D eigenvalue weighted by Gasteiger charge is -2.11. The highest BCUT2D eigenvalue weighted by Gasteiger charge is 2.29. The lowest BCUT2D eigenvalue weighted by molar-refractivity contribution is 1.35. The molecule has 2 rings (SSSR count). The van der Waals surface area contributed by atoms with Crippen molar-refractivity contribution in [1.82, 2.24) is 0 Å². The molecule has 0 saturated heterocycles. The number of benzene rings is 1. The van der Waals surface area contributed by atoms with Gasteiger partial charge < -0.3 is 0 Å². The summed E-state index contributed by atoms with van der Waals surface area (Å²) in [6.45, 7) is 4.96. The van der Waals surface area contributed by atoms with E-state index in [1.807, 2.05) is 0 Å². The lowest BCUT2D eigenvalue weighted by Crippen LogP contribution is -2.26. The van der Waals surface area contributed by atoms with Crippen LogP contribution in [0.15, 0.2) is 24.3 Å². The summed E-state index contributed by atoms with van der Waals surface area (Å²) in [5, 5.41) is 0. The molecule has 0 atom stereocenters. The molecule has 1 aromatic carbocycles. The predicted molar refractivity (Wildman–Crippen MR) is 51.3 cm³/mol. The van der Waals surface area contributed by atoms with Crippen LogP contribution in [0.4, 0.5) is 0 Å². The molecule has 1 heterocycles. The van der Waals surface area contributed by atoms with E-state index in [-0.39, 0.29) is 0 Å². The van der Waals surface area contributed by atoms with E-state index in [1.54, 1.807) is 11.1 Å². The first-order valence-electron chi connectivity index (χ1n) is 4.24. The van der Waals surface area contributed by atoms with E-state index >= 15 is 0 Å². The number of fused-ring (bicyclic) bond motifs is 1. The number of hydrogen-bond donors (Lipinski definition) is 0. The first-order valence-corrected chi connectivity index (χ1v) is 7.66. The van der Waals surface area contributed by atoms with Gasteiger partial charge in [-0.3, -0.25) is 0 Å². The van der Waals surface area contributed by atoms with Crippen LogP contribution in [0.1, 0.15) is 11.1 Å². The van der Waals surface area contributed by atoms with E-state index in [0.717, 1.165) is 0 Å². The summed E-state index contributed by atoms with van der Waals surface area (Å²) in [7, 11) is -0.845. The Bertz CT molecular complexity index is 249. The zero-order valence-corrected chi connectivity index (χ0v) is 8.22. The van der Waals surface area contributed by atoms with Gasteiger partial charge in [-0.25, -0.2) is 0 Å². The summed E-state index contributed by atoms with van der Waals surface area (Å²) in [6, 6.07) is 11.7. The van der Waals surface area contributed by atoms with E-state index in [2.05, 4.69) is 37.4 Å². The maximum absolute atomic E-state index is 2.48. The van der Waals surface area contributed by atoms with Gasteiger partial charge in [-0.1, -0.05) is 37.4 Å². The smallest absolute Gasteiger partial charge is 0.0561 e. The zero-order chi connectivity index (χ0) is 7.90. The molecule has 0 N–H and O–H groups in total. The summed E-state index contributed by atoms with van der Waals surface area (Å²) in [4.78, 5) is 0. The van der Waals surface area contributed by atoms with Gasteiger partial charge in [0, 0.05) is 0 Å². The van der Waals surface area contributed by atoms with Gasteiger partial charge in [0.25, 0.3) is 0 Å². The molecule has 0 aliphatic carbocycles. The Hall–Kier alpha value is -0.563. The van der Waals surface area contributed by atoms with Crippen LogP contribution in [0.3, 0.4) is 0 Å². The van der Waals surface area contributed by atoms with Crippen LogP contribution >= 0.6 is 0 Å². The van der Waals surface area contributed by atoms with Crippen LogP contribution < -0.4 is 0 Å². The molecule has 0 radical (unpaired) electrons. The van der Waals surface area contributed by atoms with Gasteiger partial charge in [0.05, 0.1) is 8.07 Å². The summed E-state index contributed by atoms with van der Waals surface area (Å²) in [5.74, 6) is 0. The van der Waals surface area contributed by atoms with Crippen LogP contribution in [-0.2, 0) is 12.1 Å². The maximum Gasteiger partial charge on any atom is 0.0561 e. The summed E-state index contributed by atoms with van der Waals surface area (Å²) in [6.07, 6.45) is 0. The van der Waals surface area contributed by atoms with Gasteiger partial charge in [0.15, 0.2) is 0 Å². The second kappa shape index (κ2) is 2.21. The molecule has 58 valence electrons. The van der Waals surface area contributed by atoms with Crippen molar-refractivity contribution in [2.45, 2.75) is 25.2 Å². The molecule has 0 saturated carbocycles. The Labute approximate surface area is 69.3 Å². The second-order valence-corrected chi connectivity index (χ2v) is 9.32. The van der Waals surface area contributed by atoms with Crippen molar-refractivity contribution >= 4 is 8.07 Å². The van der Waals surface area contributed by atoms with Crippen molar-refractivity contribution in [3.8, 4) is 0 Å². The third-order valence-electron chi connectivity index (χ3n) is 2.46. The standard InChI is InChI=1S/C10H14Si/c1-11(2)7-9-5-3-4-6-10(9)8-11/h3-6H,7-8H2,1-2H3. The first-order chi connectivity index (χ1) is 5.17. The van der Waals surface area contributed by atoms with Crippen molar-refractivity contribution < 1.29 is 0 Å². The van der Waals surface area contributed by atoms with Crippen molar-refractivity contribution in [2.24, 2.45) is 0 Å². The van der Waals surface area contributed by atoms with Crippen molar-refractivity contribution in [3.63, 3.8) is 0 Å². The Balaban J connectivity index is 2.41. The highest BCUT2D eigenvalue weighted by atomic mass is 28.3. The highest BCUT2D eigenvalue weighted by molar-refractivity contribution is 6.77. The predicted octanol–water partition coefficient (Wildman–Crippen LogP) is 2.57. The van der Waals surface area contributed by atoms with Crippen LogP contribution in [-0.4, -0.2) is 8.07 Å². The van der Waals surface area contributed by atoms with Crippen molar-refractivity contribution in [1.29, 1.82) is 0 Å². The SMILES string of the molecule is C[Si]1(C)Cc2ccccc2C1. The molecular weight excluding hydrogens is 148 g/mol. The van der Waals surface area contributed by atoms with E-state index in [0.29, 0.717) is 0 Å². The maximum atomic E-state index is 2.48. The molecule has 0 bridgehead atoms. The van der Waals surface area contributed by atoms with Crippen LogP contribution in [0.25, 0.3) is 0 Å². The van der Waals surface area contributed by atoms with E-state index in [1.165, 1.54) is 12.1 Å². The van der Waals surface area contributed by atoms with Gasteiger partial charge in [-0.2, -0.15) is 0 Å². The molecule has 1 heteroatoms. The van der Waals surface area contributed by atoms with Gasteiger partial charge in [-0.15, -0.1) is 0 Å². The van der Waals surface area contributed by atoms with E-state index < -0.39 is 8.07 Å². The van der Waals surface area contributed by atoms with E-state index in [4.69, 9.17) is 0 Å². The molecule has 0 nitrogen and oxygen atoms in total. The molecule has 0 amide bonds. The van der Waals surface area contributed by atoms with E-state index in [9.17, 15) is 0 Å². The number of hydrogen-bond acceptors (Lipinski definition) is 0. The Kier molecular flexibility index (Phi) is 1.43. The fraction of sp³-hybridized carbons (Fsp3) is 0.400. The first kappa shape index (κ1) is 7.11. The molecular formula is C10H14Si. The largest absolute Gasteiger partial charge is 0.0689 e. The zero-order valence-electron chi connectivity index (χ0n) is 7.22. The molecule has 1 aliphatic rings. The van der Waals surface area contributed by atoms with Gasteiger partial charge in [-0.05, 0) is 23.2 Å². The third kappa shape index (κ3) is 1.25. The topological polar surface area (TPSA) is 0 Å². The normalized spacial score (nSPS) is 19.8. The molecule has 1 aliphatic heterocycles. The molecule has 11 heavy (non-hydrogen) atoms. The average molecular weight is 162 g/mol. The molecule has 0 fully saturated rings. The Morgan fingerprint density at radius 3 is 1.91 bits per heavy atom. The Morgan fingerprint density at radius 2 is 1.45 bits per heavy atom. The van der Waals surface area contributed by atoms with Crippen LogP contribution in [0.5, 0.6) is 0 Å². The third-order valence-corrected chi connectivity index (χ3v) is 5.13. The van der Waals surface area contributed by atoms with Crippen molar-refractivity contribution in [3.05, 3.63) is 35.4 Å².